The highest BCUT2D eigenvalue weighted by Gasteiger charge is 2.29. The second-order valence-corrected chi connectivity index (χ2v) is 8.36. The first-order chi connectivity index (χ1) is 13.7. The topological polar surface area (TPSA) is 126 Å². The standard InChI is InChI=1S/C18H19N7O3S/c1-12-5-7-14(8-6-12)29(27,28)25(4)18-15(11-21-24(18)3)17(26)22-16-13(9-19)10-20-23(16)2/h5-8,10-11H,1-4H3,(H,22,26). The lowest BCUT2D eigenvalue weighted by Gasteiger charge is -2.21. The van der Waals surface area contributed by atoms with Gasteiger partial charge in [-0.25, -0.2) is 8.42 Å². The third-order valence-corrected chi connectivity index (χ3v) is 6.18. The maximum atomic E-state index is 13.0. The van der Waals surface area contributed by atoms with Gasteiger partial charge in [0.05, 0.1) is 17.3 Å². The normalized spacial score (nSPS) is 11.1. The summed E-state index contributed by atoms with van der Waals surface area (Å²) in [5.41, 5.74) is 1.15. The number of hydrogen-bond donors (Lipinski definition) is 1. The van der Waals surface area contributed by atoms with Gasteiger partial charge in [0, 0.05) is 21.1 Å². The van der Waals surface area contributed by atoms with Crippen LogP contribution >= 0.6 is 0 Å². The predicted octanol–water partition coefficient (Wildman–Crippen LogP) is 1.41. The van der Waals surface area contributed by atoms with Gasteiger partial charge in [0.15, 0.2) is 5.82 Å². The minimum absolute atomic E-state index is 0.0378. The Morgan fingerprint density at radius 3 is 2.38 bits per heavy atom. The molecule has 3 aromatic rings. The molecule has 10 nitrogen and oxygen atoms in total. The van der Waals surface area contributed by atoms with E-state index in [9.17, 15) is 13.2 Å². The van der Waals surface area contributed by atoms with Crippen LogP contribution in [0.15, 0.2) is 41.6 Å². The van der Waals surface area contributed by atoms with E-state index in [0.29, 0.717) is 0 Å². The van der Waals surface area contributed by atoms with Crippen LogP contribution in [0.3, 0.4) is 0 Å². The highest BCUT2D eigenvalue weighted by atomic mass is 32.2. The Morgan fingerprint density at radius 1 is 1.14 bits per heavy atom. The molecule has 0 aliphatic rings. The number of hydrogen-bond acceptors (Lipinski definition) is 6. The van der Waals surface area contributed by atoms with Gasteiger partial charge in [0.25, 0.3) is 15.9 Å². The molecule has 0 aliphatic heterocycles. The summed E-state index contributed by atoms with van der Waals surface area (Å²) in [6, 6.07) is 8.35. The third-order valence-electron chi connectivity index (χ3n) is 4.42. The van der Waals surface area contributed by atoms with Crippen LogP contribution in [0.4, 0.5) is 11.6 Å². The summed E-state index contributed by atoms with van der Waals surface area (Å²) in [5.74, 6) is -0.320. The van der Waals surface area contributed by atoms with Gasteiger partial charge in [-0.2, -0.15) is 15.5 Å². The average Bonchev–Trinajstić information content (AvgIpc) is 3.24. The summed E-state index contributed by atoms with van der Waals surface area (Å²) >= 11 is 0. The van der Waals surface area contributed by atoms with E-state index in [1.165, 1.54) is 48.0 Å². The fourth-order valence-corrected chi connectivity index (χ4v) is 4.03. The van der Waals surface area contributed by atoms with Crippen molar-refractivity contribution in [3.63, 3.8) is 0 Å². The largest absolute Gasteiger partial charge is 0.305 e. The van der Waals surface area contributed by atoms with Crippen molar-refractivity contribution in [1.29, 1.82) is 5.26 Å². The van der Waals surface area contributed by atoms with E-state index in [-0.39, 0.29) is 27.7 Å². The number of rotatable bonds is 5. The number of aromatic nitrogens is 4. The quantitative estimate of drug-likeness (QED) is 0.674. The number of anilines is 2. The Hall–Kier alpha value is -3.65. The maximum Gasteiger partial charge on any atom is 0.265 e. The van der Waals surface area contributed by atoms with Crippen molar-refractivity contribution < 1.29 is 13.2 Å². The minimum atomic E-state index is -3.92. The minimum Gasteiger partial charge on any atom is -0.305 e. The number of sulfonamides is 1. The Bertz CT molecular complexity index is 1220. The lowest BCUT2D eigenvalue weighted by Crippen LogP contribution is -2.30. The van der Waals surface area contributed by atoms with Gasteiger partial charge < -0.3 is 5.32 Å². The average molecular weight is 413 g/mol. The van der Waals surface area contributed by atoms with E-state index in [1.54, 1.807) is 19.2 Å². The fourth-order valence-electron chi connectivity index (χ4n) is 2.79. The van der Waals surface area contributed by atoms with Crippen LogP contribution in [0, 0.1) is 18.3 Å². The summed E-state index contributed by atoms with van der Waals surface area (Å²) in [7, 11) is 0.555. The van der Waals surface area contributed by atoms with Crippen molar-refractivity contribution >= 4 is 27.6 Å². The number of aryl methyl sites for hydroxylation is 3. The molecule has 1 N–H and O–H groups in total. The van der Waals surface area contributed by atoms with Crippen LogP contribution < -0.4 is 9.62 Å². The molecule has 0 unspecified atom stereocenters. The van der Waals surface area contributed by atoms with Gasteiger partial charge in [0.2, 0.25) is 0 Å². The van der Waals surface area contributed by atoms with Crippen LogP contribution in [-0.4, -0.2) is 40.9 Å². The molecule has 11 heteroatoms. The van der Waals surface area contributed by atoms with Gasteiger partial charge in [-0.05, 0) is 19.1 Å². The van der Waals surface area contributed by atoms with Gasteiger partial charge in [-0.15, -0.1) is 0 Å². The molecule has 1 amide bonds. The SMILES string of the molecule is Cc1ccc(S(=O)(=O)N(C)c2c(C(=O)Nc3c(C#N)cnn3C)cnn2C)cc1. The van der Waals surface area contributed by atoms with Crippen LogP contribution in [0.2, 0.25) is 0 Å². The molecular weight excluding hydrogens is 394 g/mol. The van der Waals surface area contributed by atoms with Crippen LogP contribution in [0.1, 0.15) is 21.5 Å². The Kier molecular flexibility index (Phi) is 5.13. The summed E-state index contributed by atoms with van der Waals surface area (Å²) in [6.45, 7) is 1.86. The van der Waals surface area contributed by atoms with Crippen LogP contribution in [0.25, 0.3) is 0 Å². The molecule has 0 aliphatic carbocycles. The van der Waals surface area contributed by atoms with Crippen molar-refractivity contribution in [2.75, 3.05) is 16.7 Å². The van der Waals surface area contributed by atoms with Crippen molar-refractivity contribution in [2.45, 2.75) is 11.8 Å². The van der Waals surface area contributed by atoms with Crippen molar-refractivity contribution in [2.24, 2.45) is 14.1 Å². The molecule has 0 saturated carbocycles. The van der Waals surface area contributed by atoms with E-state index >= 15 is 0 Å². The molecule has 0 atom stereocenters. The predicted molar refractivity (Wildman–Crippen MR) is 106 cm³/mol. The van der Waals surface area contributed by atoms with Crippen LogP contribution in [0.5, 0.6) is 0 Å². The molecule has 0 fully saturated rings. The fraction of sp³-hybridized carbons (Fsp3) is 0.222. The zero-order valence-corrected chi connectivity index (χ0v) is 17.1. The first-order valence-corrected chi connectivity index (χ1v) is 9.92. The first-order valence-electron chi connectivity index (χ1n) is 8.48. The van der Waals surface area contributed by atoms with Gasteiger partial charge in [0.1, 0.15) is 23.0 Å². The molecule has 0 saturated heterocycles. The van der Waals surface area contributed by atoms with E-state index in [4.69, 9.17) is 5.26 Å². The third kappa shape index (κ3) is 3.57. The molecular formula is C18H19N7O3S. The zero-order chi connectivity index (χ0) is 21.3. The summed E-state index contributed by atoms with van der Waals surface area (Å²) in [5, 5.41) is 19.7. The van der Waals surface area contributed by atoms with E-state index < -0.39 is 15.9 Å². The second-order valence-electron chi connectivity index (χ2n) is 6.39. The lowest BCUT2D eigenvalue weighted by molar-refractivity contribution is 0.102. The Balaban J connectivity index is 1.99. The van der Waals surface area contributed by atoms with Gasteiger partial charge in [-0.1, -0.05) is 17.7 Å². The number of nitrogens with zero attached hydrogens (tertiary/aromatic N) is 6. The van der Waals surface area contributed by atoms with Gasteiger partial charge in [-0.3, -0.25) is 18.5 Å². The zero-order valence-electron chi connectivity index (χ0n) is 16.3. The molecule has 1 aromatic carbocycles. The molecule has 0 bridgehead atoms. The highest BCUT2D eigenvalue weighted by Crippen LogP contribution is 2.26. The lowest BCUT2D eigenvalue weighted by atomic mass is 10.2. The number of nitriles is 1. The maximum absolute atomic E-state index is 13.0. The molecule has 2 heterocycles. The van der Waals surface area contributed by atoms with Crippen LogP contribution in [-0.2, 0) is 24.1 Å². The smallest absolute Gasteiger partial charge is 0.265 e. The van der Waals surface area contributed by atoms with E-state index in [0.717, 1.165) is 9.87 Å². The molecule has 0 radical (unpaired) electrons. The molecule has 2 aromatic heterocycles. The second kappa shape index (κ2) is 7.40. The Labute approximate surface area is 168 Å². The van der Waals surface area contributed by atoms with Crippen molar-refractivity contribution in [3.05, 3.63) is 53.3 Å². The summed E-state index contributed by atoms with van der Waals surface area (Å²) in [6.07, 6.45) is 2.60. The number of amides is 1. The first kappa shape index (κ1) is 20.1. The number of carbonyl (C=O) groups excluding carboxylic acids is 1. The van der Waals surface area contributed by atoms with Gasteiger partial charge >= 0.3 is 0 Å². The Morgan fingerprint density at radius 2 is 1.76 bits per heavy atom. The van der Waals surface area contributed by atoms with E-state index in [2.05, 4.69) is 15.5 Å². The highest BCUT2D eigenvalue weighted by molar-refractivity contribution is 7.92. The molecule has 29 heavy (non-hydrogen) atoms. The molecule has 150 valence electrons. The van der Waals surface area contributed by atoms with Crippen molar-refractivity contribution in [3.8, 4) is 6.07 Å². The summed E-state index contributed by atoms with van der Waals surface area (Å²) < 4.78 is 29.7. The number of nitrogens with one attached hydrogen (secondary N) is 1. The molecule has 3 rings (SSSR count). The van der Waals surface area contributed by atoms with E-state index in [1.807, 2.05) is 13.0 Å². The molecule has 0 spiro atoms. The summed E-state index contributed by atoms with van der Waals surface area (Å²) in [4.78, 5) is 12.9. The monoisotopic (exact) mass is 413 g/mol. The number of carbonyl (C=O) groups is 1. The van der Waals surface area contributed by atoms with Crippen molar-refractivity contribution in [1.82, 2.24) is 19.6 Å². The number of benzene rings is 1.